The summed E-state index contributed by atoms with van der Waals surface area (Å²) >= 11 is 0. The first-order chi connectivity index (χ1) is 9.65. The van der Waals surface area contributed by atoms with E-state index in [0.717, 1.165) is 23.6 Å². The highest BCUT2D eigenvalue weighted by molar-refractivity contribution is 5.96. The Morgan fingerprint density at radius 1 is 0.950 bits per heavy atom. The van der Waals surface area contributed by atoms with Gasteiger partial charge in [-0.3, -0.25) is 4.98 Å². The zero-order chi connectivity index (χ0) is 14.1. The second-order valence-electron chi connectivity index (χ2n) is 4.25. The molecule has 3 rings (SSSR count). The number of pyridine rings is 1. The number of halogens is 2. The molecule has 0 radical (unpaired) electrons. The average Bonchev–Trinajstić information content (AvgIpc) is 2.46. The van der Waals surface area contributed by atoms with Crippen LogP contribution in [-0.4, -0.2) is 4.98 Å². The summed E-state index contributed by atoms with van der Waals surface area (Å²) in [6.45, 7) is 0. The first-order valence-electron chi connectivity index (χ1n) is 5.90. The summed E-state index contributed by atoms with van der Waals surface area (Å²) in [7, 11) is 0. The molecule has 3 nitrogen and oxygen atoms in total. The van der Waals surface area contributed by atoms with Crippen LogP contribution in [0.1, 0.15) is 0 Å². The molecule has 1 aromatic heterocycles. The number of nitrogens with two attached hydrogens (primary N) is 1. The smallest absolute Gasteiger partial charge is 0.166 e. The Bertz CT molecular complexity index is 790. The molecule has 0 fully saturated rings. The van der Waals surface area contributed by atoms with Gasteiger partial charge in [0, 0.05) is 34.9 Å². The second kappa shape index (κ2) is 4.77. The van der Waals surface area contributed by atoms with Gasteiger partial charge < -0.3 is 10.5 Å². The normalized spacial score (nSPS) is 10.7. The fraction of sp³-hybridized carbons (Fsp3) is 0. The Kier molecular flexibility index (Phi) is 2.95. The van der Waals surface area contributed by atoms with Gasteiger partial charge in [-0.1, -0.05) is 0 Å². The van der Waals surface area contributed by atoms with Gasteiger partial charge in [0.15, 0.2) is 11.6 Å². The maximum absolute atomic E-state index is 13.6. The molecule has 2 N–H and O–H groups in total. The van der Waals surface area contributed by atoms with Gasteiger partial charge in [0.25, 0.3) is 0 Å². The quantitative estimate of drug-likeness (QED) is 0.720. The van der Waals surface area contributed by atoms with Crippen molar-refractivity contribution in [3.05, 3.63) is 60.4 Å². The average molecular weight is 272 g/mol. The van der Waals surface area contributed by atoms with Crippen LogP contribution >= 0.6 is 0 Å². The van der Waals surface area contributed by atoms with Gasteiger partial charge in [-0.2, -0.15) is 0 Å². The largest absolute Gasteiger partial charge is 0.453 e. The third kappa shape index (κ3) is 2.14. The maximum Gasteiger partial charge on any atom is 0.166 e. The van der Waals surface area contributed by atoms with Crippen LogP contribution in [0.5, 0.6) is 11.5 Å². The van der Waals surface area contributed by atoms with Crippen LogP contribution in [0.2, 0.25) is 0 Å². The number of anilines is 1. The first-order valence-corrected chi connectivity index (χ1v) is 5.90. The Hall–Kier alpha value is -2.69. The van der Waals surface area contributed by atoms with E-state index < -0.39 is 11.6 Å². The van der Waals surface area contributed by atoms with Crippen molar-refractivity contribution in [3.63, 3.8) is 0 Å². The number of hydrogen-bond acceptors (Lipinski definition) is 3. The van der Waals surface area contributed by atoms with E-state index in [9.17, 15) is 8.78 Å². The van der Waals surface area contributed by atoms with Crippen LogP contribution in [0.15, 0.2) is 48.8 Å². The summed E-state index contributed by atoms with van der Waals surface area (Å²) in [5.74, 6) is -1.02. The van der Waals surface area contributed by atoms with Crippen LogP contribution in [-0.2, 0) is 0 Å². The highest BCUT2D eigenvalue weighted by Gasteiger charge is 2.10. The molecule has 0 spiro atoms. The molecule has 0 unspecified atom stereocenters. The molecular weight excluding hydrogens is 262 g/mol. The SMILES string of the molecule is Nc1ccc(Oc2cc(F)ccc2F)c2cnccc12. The number of fused-ring (bicyclic) bond motifs is 1. The lowest BCUT2D eigenvalue weighted by Gasteiger charge is -2.10. The number of nitrogen functional groups attached to an aromatic ring is 1. The minimum atomic E-state index is -0.639. The predicted molar refractivity (Wildman–Crippen MR) is 72.6 cm³/mol. The Labute approximate surface area is 113 Å². The standard InChI is InChI=1S/C15H10F2N2O/c16-9-1-2-12(17)15(7-9)20-14-4-3-13(18)10-5-6-19-8-11(10)14/h1-8H,18H2. The summed E-state index contributed by atoms with van der Waals surface area (Å²) in [6, 6.07) is 8.03. The molecule has 0 amide bonds. The Morgan fingerprint density at radius 3 is 2.65 bits per heavy atom. The molecule has 5 heteroatoms. The molecule has 1 heterocycles. The molecule has 0 bridgehead atoms. The molecule has 20 heavy (non-hydrogen) atoms. The maximum atomic E-state index is 13.6. The number of ether oxygens (including phenoxy) is 1. The van der Waals surface area contributed by atoms with E-state index in [2.05, 4.69) is 4.98 Å². The van der Waals surface area contributed by atoms with Gasteiger partial charge in [0.1, 0.15) is 11.6 Å². The van der Waals surface area contributed by atoms with Gasteiger partial charge in [-0.25, -0.2) is 8.78 Å². The number of nitrogens with zero attached hydrogens (tertiary/aromatic N) is 1. The van der Waals surface area contributed by atoms with E-state index >= 15 is 0 Å². The molecule has 0 aliphatic carbocycles. The summed E-state index contributed by atoms with van der Waals surface area (Å²) in [6.07, 6.45) is 3.17. The van der Waals surface area contributed by atoms with Crippen LogP contribution in [0.3, 0.4) is 0 Å². The second-order valence-corrected chi connectivity index (χ2v) is 4.25. The van der Waals surface area contributed by atoms with Crippen molar-refractivity contribution in [3.8, 4) is 11.5 Å². The number of aromatic nitrogens is 1. The predicted octanol–water partition coefficient (Wildman–Crippen LogP) is 3.89. The summed E-state index contributed by atoms with van der Waals surface area (Å²) < 4.78 is 32.2. The molecule has 0 saturated heterocycles. The van der Waals surface area contributed by atoms with Gasteiger partial charge in [0.05, 0.1) is 0 Å². The van der Waals surface area contributed by atoms with Gasteiger partial charge in [-0.15, -0.1) is 0 Å². The third-order valence-electron chi connectivity index (χ3n) is 2.92. The number of rotatable bonds is 2. The molecule has 0 aliphatic rings. The van der Waals surface area contributed by atoms with E-state index in [1.807, 2.05) is 0 Å². The fourth-order valence-electron chi connectivity index (χ4n) is 1.95. The Balaban J connectivity index is 2.11. The van der Waals surface area contributed by atoms with Crippen molar-refractivity contribution >= 4 is 16.5 Å². The molecule has 0 atom stereocenters. The highest BCUT2D eigenvalue weighted by atomic mass is 19.1. The van der Waals surface area contributed by atoms with E-state index in [0.29, 0.717) is 16.8 Å². The molecule has 0 aliphatic heterocycles. The minimum Gasteiger partial charge on any atom is -0.453 e. The summed E-state index contributed by atoms with van der Waals surface area (Å²) in [4.78, 5) is 3.99. The van der Waals surface area contributed by atoms with Crippen LogP contribution in [0.25, 0.3) is 10.8 Å². The van der Waals surface area contributed by atoms with Crippen molar-refractivity contribution in [2.45, 2.75) is 0 Å². The van der Waals surface area contributed by atoms with Gasteiger partial charge >= 0.3 is 0 Å². The minimum absolute atomic E-state index is 0.181. The van der Waals surface area contributed by atoms with Crippen LogP contribution < -0.4 is 10.5 Å². The van der Waals surface area contributed by atoms with E-state index in [-0.39, 0.29) is 5.75 Å². The van der Waals surface area contributed by atoms with Gasteiger partial charge in [0.2, 0.25) is 0 Å². The molecule has 3 aromatic rings. The number of benzene rings is 2. The van der Waals surface area contributed by atoms with Gasteiger partial charge in [-0.05, 0) is 30.3 Å². The summed E-state index contributed by atoms with van der Waals surface area (Å²) in [5.41, 5.74) is 6.42. The van der Waals surface area contributed by atoms with Crippen molar-refractivity contribution in [1.29, 1.82) is 0 Å². The van der Waals surface area contributed by atoms with Crippen molar-refractivity contribution in [2.75, 3.05) is 5.73 Å². The van der Waals surface area contributed by atoms with Crippen LogP contribution in [0, 0.1) is 11.6 Å². The highest BCUT2D eigenvalue weighted by Crippen LogP contribution is 2.33. The lowest BCUT2D eigenvalue weighted by molar-refractivity contribution is 0.440. The van der Waals surface area contributed by atoms with E-state index in [1.165, 1.54) is 0 Å². The lowest BCUT2D eigenvalue weighted by atomic mass is 10.1. The van der Waals surface area contributed by atoms with Crippen molar-refractivity contribution < 1.29 is 13.5 Å². The Morgan fingerprint density at radius 2 is 1.80 bits per heavy atom. The molecule has 100 valence electrons. The van der Waals surface area contributed by atoms with Crippen molar-refractivity contribution in [1.82, 2.24) is 4.98 Å². The molecule has 0 saturated carbocycles. The van der Waals surface area contributed by atoms with Crippen molar-refractivity contribution in [2.24, 2.45) is 0 Å². The van der Waals surface area contributed by atoms with E-state index in [4.69, 9.17) is 10.5 Å². The number of hydrogen-bond donors (Lipinski definition) is 1. The molecule has 2 aromatic carbocycles. The van der Waals surface area contributed by atoms with E-state index in [1.54, 1.807) is 30.6 Å². The lowest BCUT2D eigenvalue weighted by Crippen LogP contribution is -1.93. The topological polar surface area (TPSA) is 48.1 Å². The molecular formula is C15H10F2N2O. The third-order valence-corrected chi connectivity index (χ3v) is 2.92. The zero-order valence-electron chi connectivity index (χ0n) is 10.3. The monoisotopic (exact) mass is 272 g/mol. The summed E-state index contributed by atoms with van der Waals surface area (Å²) in [5, 5.41) is 1.38. The first kappa shape index (κ1) is 12.3. The fourth-order valence-corrected chi connectivity index (χ4v) is 1.95. The van der Waals surface area contributed by atoms with Crippen LogP contribution in [0.4, 0.5) is 14.5 Å². The zero-order valence-corrected chi connectivity index (χ0v) is 10.3.